The molecule has 1 N–H and O–H groups in total. The minimum Gasteiger partial charge on any atom is -0.480 e. The Hall–Kier alpha value is -4.34. The molecule has 2 aliphatic heterocycles. The summed E-state index contributed by atoms with van der Waals surface area (Å²) in [5.41, 5.74) is 0.419. The molecule has 0 aromatic heterocycles. The molecule has 244 valence electrons. The van der Waals surface area contributed by atoms with Crippen LogP contribution in [-0.2, 0) is 34.6 Å². The van der Waals surface area contributed by atoms with Crippen LogP contribution >= 0.6 is 0 Å². The summed E-state index contributed by atoms with van der Waals surface area (Å²) in [6, 6.07) is 13.0. The Morgan fingerprint density at radius 1 is 0.756 bits per heavy atom. The quantitative estimate of drug-likeness (QED) is 0.220. The van der Waals surface area contributed by atoms with Crippen molar-refractivity contribution in [3.8, 4) is 0 Å². The summed E-state index contributed by atoms with van der Waals surface area (Å²) in [6.07, 6.45) is 0.319. The first-order valence-electron chi connectivity index (χ1n) is 14.9. The van der Waals surface area contributed by atoms with Crippen molar-refractivity contribution < 1.29 is 38.5 Å². The van der Waals surface area contributed by atoms with Gasteiger partial charge in [-0.15, -0.1) is 0 Å². The van der Waals surface area contributed by atoms with Crippen LogP contribution in [0.4, 0.5) is 21.0 Å². The number of carbonyl (C=O) groups excluding carboxylic acids is 3. The van der Waals surface area contributed by atoms with Crippen molar-refractivity contribution in [1.82, 2.24) is 0 Å². The van der Waals surface area contributed by atoms with E-state index in [0.717, 1.165) is 11.1 Å². The Bertz CT molecular complexity index is 1460. The van der Waals surface area contributed by atoms with Gasteiger partial charge < -0.3 is 19.3 Å². The van der Waals surface area contributed by atoms with Crippen molar-refractivity contribution in [2.45, 2.75) is 103 Å². The third kappa shape index (κ3) is 7.32. The van der Waals surface area contributed by atoms with Gasteiger partial charge in [-0.1, -0.05) is 76.7 Å². The first-order valence-corrected chi connectivity index (χ1v) is 14.9. The summed E-state index contributed by atoms with van der Waals surface area (Å²) >= 11 is 0. The Morgan fingerprint density at radius 2 is 1.13 bits per heavy atom. The maximum absolute atomic E-state index is 12.8. The SMILES string of the molecule is C=CCOC(=O)C1N(C(=O)OC(C)(C)C)c2ccccc2C1(C)C.CC(C)(C)OC(=O)N1c2ccccc2C(C)(C)C1C(=O)O. The fourth-order valence-electron chi connectivity index (χ4n) is 5.74. The van der Waals surface area contributed by atoms with Crippen molar-refractivity contribution in [2.24, 2.45) is 0 Å². The minimum atomic E-state index is -1.04. The molecule has 10 heteroatoms. The van der Waals surface area contributed by atoms with Gasteiger partial charge in [-0.05, 0) is 64.8 Å². The Morgan fingerprint density at radius 3 is 1.51 bits per heavy atom. The Labute approximate surface area is 265 Å². The van der Waals surface area contributed by atoms with Crippen molar-refractivity contribution >= 4 is 35.5 Å². The minimum absolute atomic E-state index is 0.101. The fourth-order valence-corrected chi connectivity index (χ4v) is 5.74. The monoisotopic (exact) mass is 622 g/mol. The van der Waals surface area contributed by atoms with Gasteiger partial charge >= 0.3 is 24.1 Å². The standard InChI is InChI=1S/C19H25NO4.C16H21NO4/c1-7-12-23-16(21)15-19(5,6)13-10-8-9-11-14(13)20(15)17(22)24-18(2,3)4;1-15(2,3)21-14(20)17-11-9-7-6-8-10(11)16(4,5)12(17)13(18)19/h7-11,15H,1,12H2,2-6H3;6-9,12H,1-5H3,(H,18,19). The number of carboxylic acid groups (broad SMARTS) is 1. The van der Waals surface area contributed by atoms with Gasteiger partial charge in [0.15, 0.2) is 0 Å². The number of ether oxygens (including phenoxy) is 3. The molecule has 0 fully saturated rings. The van der Waals surface area contributed by atoms with E-state index in [4.69, 9.17) is 14.2 Å². The van der Waals surface area contributed by atoms with Crippen molar-refractivity contribution in [1.29, 1.82) is 0 Å². The number of benzene rings is 2. The molecule has 0 radical (unpaired) electrons. The molecule has 0 saturated heterocycles. The Kier molecular flexibility index (Phi) is 9.82. The molecule has 2 aromatic rings. The second-order valence-electron chi connectivity index (χ2n) is 14.2. The van der Waals surface area contributed by atoms with E-state index in [0.29, 0.717) is 11.4 Å². The number of para-hydroxylation sites is 2. The summed E-state index contributed by atoms with van der Waals surface area (Å²) in [5, 5.41) is 9.59. The number of carboxylic acids is 1. The number of fused-ring (bicyclic) bond motifs is 2. The lowest BCUT2D eigenvalue weighted by Gasteiger charge is -2.32. The topological polar surface area (TPSA) is 123 Å². The van der Waals surface area contributed by atoms with Gasteiger partial charge in [0.25, 0.3) is 0 Å². The second kappa shape index (κ2) is 12.6. The smallest absolute Gasteiger partial charge is 0.415 e. The van der Waals surface area contributed by atoms with Crippen molar-refractivity contribution in [2.75, 3.05) is 16.4 Å². The lowest BCUT2D eigenvalue weighted by molar-refractivity contribution is -0.145. The van der Waals surface area contributed by atoms with Gasteiger partial charge in [0.05, 0.1) is 11.4 Å². The second-order valence-corrected chi connectivity index (χ2v) is 14.2. The van der Waals surface area contributed by atoms with Crippen LogP contribution in [0, 0.1) is 0 Å². The van der Waals surface area contributed by atoms with Gasteiger partial charge in [0, 0.05) is 10.8 Å². The highest BCUT2D eigenvalue weighted by atomic mass is 16.6. The van der Waals surface area contributed by atoms with Crippen LogP contribution in [0.5, 0.6) is 0 Å². The van der Waals surface area contributed by atoms with Crippen molar-refractivity contribution in [3.63, 3.8) is 0 Å². The van der Waals surface area contributed by atoms with Gasteiger partial charge in [-0.3, -0.25) is 9.80 Å². The molecule has 2 unspecified atom stereocenters. The summed E-state index contributed by atoms with van der Waals surface area (Å²) in [7, 11) is 0. The molecule has 2 aromatic carbocycles. The largest absolute Gasteiger partial charge is 0.480 e. The normalized spacial score (nSPS) is 19.3. The number of anilines is 2. The number of rotatable bonds is 4. The number of hydrogen-bond donors (Lipinski definition) is 1. The van der Waals surface area contributed by atoms with E-state index in [2.05, 4.69) is 6.58 Å². The van der Waals surface area contributed by atoms with Crippen LogP contribution in [-0.4, -0.2) is 59.1 Å². The zero-order chi connectivity index (χ0) is 34.1. The third-order valence-corrected chi connectivity index (χ3v) is 7.58. The number of aliphatic carboxylic acids is 1. The molecule has 4 rings (SSSR count). The predicted octanol–water partition coefficient (Wildman–Crippen LogP) is 6.99. The van der Waals surface area contributed by atoms with Crippen LogP contribution in [0.1, 0.15) is 80.4 Å². The van der Waals surface area contributed by atoms with Crippen LogP contribution in [0.15, 0.2) is 61.2 Å². The van der Waals surface area contributed by atoms with Crippen LogP contribution in [0.3, 0.4) is 0 Å². The average Bonchev–Trinajstić information content (AvgIpc) is 3.30. The maximum atomic E-state index is 12.8. The molecular formula is C35H46N2O8. The van der Waals surface area contributed by atoms with Gasteiger partial charge in [0.2, 0.25) is 0 Å². The van der Waals surface area contributed by atoms with Gasteiger partial charge in [-0.2, -0.15) is 0 Å². The first kappa shape index (κ1) is 35.1. The highest BCUT2D eigenvalue weighted by Gasteiger charge is 2.53. The van der Waals surface area contributed by atoms with Gasteiger partial charge in [-0.25, -0.2) is 19.2 Å². The molecule has 0 saturated carbocycles. The highest BCUT2D eigenvalue weighted by Crippen LogP contribution is 2.47. The van der Waals surface area contributed by atoms with E-state index in [9.17, 15) is 24.3 Å². The van der Waals surface area contributed by atoms with E-state index >= 15 is 0 Å². The molecular weight excluding hydrogens is 576 g/mol. The van der Waals surface area contributed by atoms with E-state index in [1.54, 1.807) is 53.7 Å². The van der Waals surface area contributed by atoms with E-state index in [1.807, 2.05) is 64.1 Å². The number of nitrogens with zero attached hydrogens (tertiary/aromatic N) is 2. The summed E-state index contributed by atoms with van der Waals surface area (Å²) in [6.45, 7) is 21.8. The van der Waals surface area contributed by atoms with E-state index in [1.165, 1.54) is 15.9 Å². The molecule has 0 spiro atoms. The lowest BCUT2D eigenvalue weighted by atomic mass is 9.80. The Balaban J connectivity index is 0.000000248. The number of esters is 1. The number of carbonyl (C=O) groups is 4. The molecule has 0 aliphatic carbocycles. The summed E-state index contributed by atoms with van der Waals surface area (Å²) in [5.74, 6) is -1.51. The predicted molar refractivity (Wildman–Crippen MR) is 173 cm³/mol. The molecule has 2 aliphatic rings. The third-order valence-electron chi connectivity index (χ3n) is 7.58. The van der Waals surface area contributed by atoms with Crippen LogP contribution in [0.25, 0.3) is 0 Å². The van der Waals surface area contributed by atoms with E-state index in [-0.39, 0.29) is 6.61 Å². The molecule has 2 heterocycles. The van der Waals surface area contributed by atoms with Crippen LogP contribution < -0.4 is 9.80 Å². The maximum Gasteiger partial charge on any atom is 0.415 e. The number of hydrogen-bond acceptors (Lipinski definition) is 7. The fraction of sp³-hybridized carbons (Fsp3) is 0.486. The molecule has 2 atom stereocenters. The zero-order valence-electron chi connectivity index (χ0n) is 28.0. The molecule has 45 heavy (non-hydrogen) atoms. The van der Waals surface area contributed by atoms with E-state index < -0.39 is 58.2 Å². The molecule has 2 amide bonds. The highest BCUT2D eigenvalue weighted by molar-refractivity contribution is 6.01. The molecule has 0 bridgehead atoms. The summed E-state index contributed by atoms with van der Waals surface area (Å²) < 4.78 is 16.1. The first-order chi connectivity index (χ1) is 20.6. The number of amides is 2. The van der Waals surface area contributed by atoms with Crippen molar-refractivity contribution in [3.05, 3.63) is 72.3 Å². The van der Waals surface area contributed by atoms with Crippen LogP contribution in [0.2, 0.25) is 0 Å². The van der Waals surface area contributed by atoms with Gasteiger partial charge in [0.1, 0.15) is 29.9 Å². The average molecular weight is 623 g/mol. The summed E-state index contributed by atoms with van der Waals surface area (Å²) in [4.78, 5) is 52.3. The molecule has 10 nitrogen and oxygen atoms in total. The lowest BCUT2D eigenvalue weighted by Crippen LogP contribution is -2.52. The zero-order valence-corrected chi connectivity index (χ0v) is 28.0.